The Morgan fingerprint density at radius 1 is 1.17 bits per heavy atom. The first-order valence-corrected chi connectivity index (χ1v) is 5.00. The van der Waals surface area contributed by atoms with Crippen molar-refractivity contribution in [3.63, 3.8) is 0 Å². The van der Waals surface area contributed by atoms with Gasteiger partial charge in [0.15, 0.2) is 5.78 Å². The number of carbonyl (C=O) groups is 2. The van der Waals surface area contributed by atoms with Gasteiger partial charge in [0.05, 0.1) is 0 Å². The summed E-state index contributed by atoms with van der Waals surface area (Å²) in [4.78, 5) is 25.1. The van der Waals surface area contributed by atoms with Crippen LogP contribution >= 0.6 is 0 Å². The Bertz CT molecular complexity index is 614. The highest BCUT2D eigenvalue weighted by Crippen LogP contribution is 2.16. The molecule has 0 unspecified atom stereocenters. The maximum absolute atomic E-state index is 13.1. The molecule has 92 valence electrons. The summed E-state index contributed by atoms with van der Waals surface area (Å²) >= 11 is 0. The molecule has 0 saturated heterocycles. The maximum atomic E-state index is 13.1. The van der Waals surface area contributed by atoms with Crippen LogP contribution in [0.15, 0.2) is 30.5 Å². The monoisotopic (exact) mass is 248 g/mol. The van der Waals surface area contributed by atoms with Gasteiger partial charge in [-0.25, -0.2) is 9.18 Å². The lowest BCUT2D eigenvalue weighted by molar-refractivity contribution is 0.0691. The van der Waals surface area contributed by atoms with Crippen LogP contribution in [0.25, 0.3) is 0 Å². The Morgan fingerprint density at radius 2 is 1.89 bits per heavy atom. The molecule has 6 heteroatoms. The molecule has 0 saturated carbocycles. The van der Waals surface area contributed by atoms with Crippen molar-refractivity contribution in [2.24, 2.45) is 0 Å². The van der Waals surface area contributed by atoms with Crippen LogP contribution in [0.1, 0.15) is 26.4 Å². The van der Waals surface area contributed by atoms with E-state index in [-0.39, 0.29) is 22.5 Å². The van der Waals surface area contributed by atoms with Crippen LogP contribution in [0.2, 0.25) is 0 Å². The second-order valence-corrected chi connectivity index (χ2v) is 3.71. The van der Waals surface area contributed by atoms with Gasteiger partial charge in [-0.1, -0.05) is 0 Å². The number of carboxylic acids is 1. The molecular weight excluding hydrogens is 239 g/mol. The summed E-state index contributed by atoms with van der Waals surface area (Å²) in [6.45, 7) is 0. The number of anilines is 1. The van der Waals surface area contributed by atoms with E-state index < -0.39 is 17.6 Å². The number of nitrogens with one attached hydrogen (secondary N) is 1. The van der Waals surface area contributed by atoms with Gasteiger partial charge < -0.3 is 15.8 Å². The van der Waals surface area contributed by atoms with Crippen LogP contribution < -0.4 is 5.73 Å². The summed E-state index contributed by atoms with van der Waals surface area (Å²) in [6.07, 6.45) is 1.26. The molecule has 4 N–H and O–H groups in total. The van der Waals surface area contributed by atoms with Crippen molar-refractivity contribution in [3.05, 3.63) is 53.1 Å². The van der Waals surface area contributed by atoms with Gasteiger partial charge in [0, 0.05) is 23.0 Å². The maximum Gasteiger partial charge on any atom is 0.352 e. The number of aromatic amines is 1. The van der Waals surface area contributed by atoms with Gasteiger partial charge in [0.25, 0.3) is 0 Å². The van der Waals surface area contributed by atoms with Crippen LogP contribution in [0.5, 0.6) is 0 Å². The molecule has 1 heterocycles. The first-order chi connectivity index (χ1) is 8.47. The molecule has 0 aliphatic rings. The summed E-state index contributed by atoms with van der Waals surface area (Å²) < 4.78 is 13.1. The fraction of sp³-hybridized carbons (Fsp3) is 0. The molecule has 18 heavy (non-hydrogen) atoms. The van der Waals surface area contributed by atoms with Gasteiger partial charge in [0.1, 0.15) is 11.5 Å². The Kier molecular flexibility index (Phi) is 2.85. The van der Waals surface area contributed by atoms with Crippen molar-refractivity contribution in [1.82, 2.24) is 4.98 Å². The smallest absolute Gasteiger partial charge is 0.352 e. The Labute approximate surface area is 101 Å². The van der Waals surface area contributed by atoms with Crippen molar-refractivity contribution < 1.29 is 19.1 Å². The van der Waals surface area contributed by atoms with Crippen molar-refractivity contribution >= 4 is 17.4 Å². The van der Waals surface area contributed by atoms with Crippen molar-refractivity contribution in [3.8, 4) is 0 Å². The molecule has 0 spiro atoms. The number of nitrogen functional groups attached to an aromatic ring is 1. The fourth-order valence-electron chi connectivity index (χ4n) is 1.56. The number of H-pyrrole nitrogens is 1. The summed E-state index contributed by atoms with van der Waals surface area (Å²) in [5.74, 6) is -2.29. The zero-order chi connectivity index (χ0) is 13.3. The normalized spacial score (nSPS) is 10.3. The standard InChI is InChI=1S/C12H9FN2O3/c13-8-1-6(2-9(14)4-8)11(16)7-3-10(12(17)18)15-5-7/h1-5,15H,14H2,(H,17,18). The molecule has 0 amide bonds. The Morgan fingerprint density at radius 3 is 2.44 bits per heavy atom. The van der Waals surface area contributed by atoms with E-state index in [1.54, 1.807) is 0 Å². The Hall–Kier alpha value is -2.63. The Balaban J connectivity index is 2.38. The molecule has 0 atom stereocenters. The average molecular weight is 248 g/mol. The SMILES string of the molecule is Nc1cc(F)cc(C(=O)c2c[nH]c(C(=O)O)c2)c1. The predicted octanol–water partition coefficient (Wildman–Crippen LogP) is 1.67. The van der Waals surface area contributed by atoms with Crippen molar-refractivity contribution in [2.45, 2.75) is 0 Å². The van der Waals surface area contributed by atoms with Crippen LogP contribution in [0.4, 0.5) is 10.1 Å². The van der Waals surface area contributed by atoms with E-state index in [9.17, 15) is 14.0 Å². The number of aromatic carboxylic acids is 1. The molecule has 1 aromatic heterocycles. The molecule has 5 nitrogen and oxygen atoms in total. The van der Waals surface area contributed by atoms with Crippen LogP contribution in [-0.4, -0.2) is 21.8 Å². The minimum atomic E-state index is -1.17. The zero-order valence-electron chi connectivity index (χ0n) is 9.11. The van der Waals surface area contributed by atoms with E-state index in [0.29, 0.717) is 0 Å². The van der Waals surface area contributed by atoms with Gasteiger partial charge in [0.2, 0.25) is 0 Å². The van der Waals surface area contributed by atoms with Crippen LogP contribution in [-0.2, 0) is 0 Å². The third-order valence-corrected chi connectivity index (χ3v) is 2.36. The average Bonchev–Trinajstić information content (AvgIpc) is 2.75. The molecule has 2 rings (SSSR count). The molecule has 2 aromatic rings. The first-order valence-electron chi connectivity index (χ1n) is 5.00. The van der Waals surface area contributed by atoms with E-state index in [4.69, 9.17) is 10.8 Å². The highest BCUT2D eigenvalue weighted by atomic mass is 19.1. The largest absolute Gasteiger partial charge is 0.477 e. The van der Waals surface area contributed by atoms with E-state index in [1.807, 2.05) is 0 Å². The number of nitrogens with two attached hydrogens (primary N) is 1. The molecular formula is C12H9FN2O3. The summed E-state index contributed by atoms with van der Waals surface area (Å²) in [6, 6.07) is 4.66. The number of hydrogen-bond donors (Lipinski definition) is 3. The number of ketones is 1. The third-order valence-electron chi connectivity index (χ3n) is 2.36. The second-order valence-electron chi connectivity index (χ2n) is 3.71. The van der Waals surface area contributed by atoms with Crippen molar-refractivity contribution in [2.75, 3.05) is 5.73 Å². The van der Waals surface area contributed by atoms with E-state index in [2.05, 4.69) is 4.98 Å². The fourth-order valence-corrected chi connectivity index (χ4v) is 1.56. The number of benzene rings is 1. The van der Waals surface area contributed by atoms with Gasteiger partial charge in [-0.3, -0.25) is 4.79 Å². The number of carbonyl (C=O) groups excluding carboxylic acids is 1. The lowest BCUT2D eigenvalue weighted by atomic mass is 10.1. The van der Waals surface area contributed by atoms with Gasteiger partial charge in [-0.05, 0) is 24.3 Å². The number of carboxylic acid groups (broad SMARTS) is 1. The summed E-state index contributed by atoms with van der Waals surface area (Å²) in [7, 11) is 0. The van der Waals surface area contributed by atoms with Gasteiger partial charge in [-0.2, -0.15) is 0 Å². The van der Waals surface area contributed by atoms with E-state index in [0.717, 1.165) is 12.1 Å². The predicted molar refractivity (Wildman–Crippen MR) is 62.0 cm³/mol. The van der Waals surface area contributed by atoms with Gasteiger partial charge in [-0.15, -0.1) is 0 Å². The van der Waals surface area contributed by atoms with Crippen LogP contribution in [0, 0.1) is 5.82 Å². The third kappa shape index (κ3) is 2.22. The van der Waals surface area contributed by atoms with Gasteiger partial charge >= 0.3 is 5.97 Å². The number of aromatic nitrogens is 1. The number of hydrogen-bond acceptors (Lipinski definition) is 3. The molecule has 0 bridgehead atoms. The lowest BCUT2D eigenvalue weighted by Gasteiger charge is -2.00. The first kappa shape index (κ1) is 11.8. The van der Waals surface area contributed by atoms with Crippen LogP contribution in [0.3, 0.4) is 0 Å². The summed E-state index contributed by atoms with van der Waals surface area (Å²) in [5.41, 5.74) is 5.67. The molecule has 1 aromatic carbocycles. The molecule has 0 aliphatic carbocycles. The minimum Gasteiger partial charge on any atom is -0.477 e. The second kappa shape index (κ2) is 4.33. The van der Waals surface area contributed by atoms with E-state index >= 15 is 0 Å². The number of halogens is 1. The minimum absolute atomic E-state index is 0.0726. The van der Waals surface area contributed by atoms with Crippen molar-refractivity contribution in [1.29, 1.82) is 0 Å². The van der Waals surface area contributed by atoms with E-state index in [1.165, 1.54) is 18.3 Å². The number of rotatable bonds is 3. The molecule has 0 radical (unpaired) electrons. The molecule has 0 fully saturated rings. The quantitative estimate of drug-likeness (QED) is 0.568. The zero-order valence-corrected chi connectivity index (χ0v) is 9.11. The highest BCUT2D eigenvalue weighted by molar-refractivity contribution is 6.10. The lowest BCUT2D eigenvalue weighted by Crippen LogP contribution is -2.02. The molecule has 0 aliphatic heterocycles. The topological polar surface area (TPSA) is 96.2 Å². The summed E-state index contributed by atoms with van der Waals surface area (Å²) in [5, 5.41) is 8.72. The highest BCUT2D eigenvalue weighted by Gasteiger charge is 2.15.